The number of benzene rings is 1. The van der Waals surface area contributed by atoms with Crippen molar-refractivity contribution in [3.63, 3.8) is 0 Å². The Balaban J connectivity index is 2.30. The summed E-state index contributed by atoms with van der Waals surface area (Å²) in [6.07, 6.45) is 0.383. The quantitative estimate of drug-likeness (QED) is 0.814. The Morgan fingerprint density at radius 3 is 2.73 bits per heavy atom. The van der Waals surface area contributed by atoms with Crippen LogP contribution in [0.25, 0.3) is 0 Å². The zero-order valence-corrected chi connectivity index (χ0v) is 13.2. The Kier molecular flexibility index (Phi) is 5.05. The van der Waals surface area contributed by atoms with Gasteiger partial charge >= 0.3 is 5.97 Å². The number of carbonyl (C=O) groups is 1. The molecule has 22 heavy (non-hydrogen) atoms. The van der Waals surface area contributed by atoms with Gasteiger partial charge < -0.3 is 14.6 Å². The number of hydrogen-bond donors (Lipinski definition) is 2. The minimum atomic E-state index is -3.79. The van der Waals surface area contributed by atoms with Gasteiger partial charge in [-0.25, -0.2) is 17.9 Å². The zero-order chi connectivity index (χ0) is 16.3. The van der Waals surface area contributed by atoms with Crippen molar-refractivity contribution in [2.24, 2.45) is 0 Å². The molecule has 7 nitrogen and oxygen atoms in total. The molecule has 1 saturated heterocycles. The lowest BCUT2D eigenvalue weighted by atomic mass is 10.2. The second kappa shape index (κ2) is 6.64. The van der Waals surface area contributed by atoms with Gasteiger partial charge in [-0.15, -0.1) is 0 Å². The van der Waals surface area contributed by atoms with Gasteiger partial charge in [-0.3, -0.25) is 0 Å². The van der Waals surface area contributed by atoms with Crippen LogP contribution in [0.3, 0.4) is 0 Å². The molecule has 0 bridgehead atoms. The van der Waals surface area contributed by atoms with Crippen molar-refractivity contribution in [3.8, 4) is 5.75 Å². The molecule has 1 aromatic rings. The topological polar surface area (TPSA) is 102 Å². The van der Waals surface area contributed by atoms with Crippen LogP contribution in [0.2, 0.25) is 0 Å². The second-order valence-corrected chi connectivity index (χ2v) is 7.03. The van der Waals surface area contributed by atoms with Crippen molar-refractivity contribution < 1.29 is 27.8 Å². The van der Waals surface area contributed by atoms with Gasteiger partial charge in [0, 0.05) is 12.6 Å². The van der Waals surface area contributed by atoms with Crippen LogP contribution >= 0.6 is 0 Å². The number of ether oxygens (including phenoxy) is 2. The molecule has 8 heteroatoms. The molecule has 1 aromatic carbocycles. The van der Waals surface area contributed by atoms with E-state index < -0.39 is 16.0 Å². The number of hydrogen-bond acceptors (Lipinski definition) is 5. The summed E-state index contributed by atoms with van der Waals surface area (Å²) in [5.41, 5.74) is -0.181. The summed E-state index contributed by atoms with van der Waals surface area (Å²) in [5.74, 6) is -1.09. The summed E-state index contributed by atoms with van der Waals surface area (Å²) < 4.78 is 37.6. The van der Waals surface area contributed by atoms with Crippen molar-refractivity contribution in [2.75, 3.05) is 13.2 Å². The van der Waals surface area contributed by atoms with Gasteiger partial charge in [0.1, 0.15) is 11.3 Å². The number of rotatable bonds is 6. The lowest BCUT2D eigenvalue weighted by Crippen LogP contribution is -2.35. The van der Waals surface area contributed by atoms with E-state index in [2.05, 4.69) is 4.72 Å². The number of sulfonamides is 1. The number of carboxylic acid groups (broad SMARTS) is 1. The van der Waals surface area contributed by atoms with Gasteiger partial charge in [0.15, 0.2) is 0 Å². The van der Waals surface area contributed by atoms with E-state index in [0.717, 1.165) is 6.07 Å². The Morgan fingerprint density at radius 2 is 2.18 bits per heavy atom. The highest BCUT2D eigenvalue weighted by molar-refractivity contribution is 7.89. The largest absolute Gasteiger partial charge is 0.490 e. The van der Waals surface area contributed by atoms with E-state index in [9.17, 15) is 18.3 Å². The standard InChI is InChI=1S/C14H19NO6S/c1-9(2)21-13-4-3-11(7-12(13)14(16)17)22(18,19)15-10-5-6-20-8-10/h3-4,7,9-10,15H,5-6,8H2,1-2H3,(H,16,17). The van der Waals surface area contributed by atoms with Crippen molar-refractivity contribution in [2.45, 2.75) is 37.3 Å². The third-order valence-electron chi connectivity index (χ3n) is 3.11. The smallest absolute Gasteiger partial charge is 0.339 e. The molecule has 0 spiro atoms. The van der Waals surface area contributed by atoms with E-state index >= 15 is 0 Å². The molecule has 0 aliphatic carbocycles. The van der Waals surface area contributed by atoms with E-state index in [1.165, 1.54) is 12.1 Å². The number of nitrogens with one attached hydrogen (secondary N) is 1. The first kappa shape index (κ1) is 16.7. The monoisotopic (exact) mass is 329 g/mol. The summed E-state index contributed by atoms with van der Waals surface area (Å²) in [6, 6.07) is 3.52. The highest BCUT2D eigenvalue weighted by Crippen LogP contribution is 2.24. The van der Waals surface area contributed by atoms with Gasteiger partial charge in [0.05, 0.1) is 17.6 Å². The lowest BCUT2D eigenvalue weighted by Gasteiger charge is -2.15. The molecule has 0 saturated carbocycles. The average molecular weight is 329 g/mol. The third-order valence-corrected chi connectivity index (χ3v) is 4.62. The van der Waals surface area contributed by atoms with Crippen molar-refractivity contribution in [1.82, 2.24) is 4.72 Å². The third kappa shape index (κ3) is 3.96. The summed E-state index contributed by atoms with van der Waals surface area (Å²) in [6.45, 7) is 4.35. The molecule has 1 heterocycles. The van der Waals surface area contributed by atoms with Crippen LogP contribution in [-0.2, 0) is 14.8 Å². The van der Waals surface area contributed by atoms with Crippen molar-refractivity contribution in [3.05, 3.63) is 23.8 Å². The van der Waals surface area contributed by atoms with E-state index in [1.54, 1.807) is 13.8 Å². The maximum absolute atomic E-state index is 12.3. The van der Waals surface area contributed by atoms with Crippen molar-refractivity contribution >= 4 is 16.0 Å². The minimum Gasteiger partial charge on any atom is -0.490 e. The fourth-order valence-corrected chi connectivity index (χ4v) is 3.40. The first-order chi connectivity index (χ1) is 10.3. The predicted octanol–water partition coefficient (Wildman–Crippen LogP) is 1.24. The normalized spacial score (nSPS) is 18.6. The summed E-state index contributed by atoms with van der Waals surface area (Å²) in [7, 11) is -3.79. The maximum Gasteiger partial charge on any atom is 0.339 e. The van der Waals surface area contributed by atoms with Crippen LogP contribution in [0, 0.1) is 0 Å². The molecule has 0 aromatic heterocycles. The highest BCUT2D eigenvalue weighted by atomic mass is 32.2. The Hall–Kier alpha value is -1.64. The van der Waals surface area contributed by atoms with Crippen LogP contribution in [0.15, 0.2) is 23.1 Å². The maximum atomic E-state index is 12.3. The predicted molar refractivity (Wildman–Crippen MR) is 78.7 cm³/mol. The zero-order valence-electron chi connectivity index (χ0n) is 12.4. The minimum absolute atomic E-state index is 0.104. The fourth-order valence-electron chi connectivity index (χ4n) is 2.12. The van der Waals surface area contributed by atoms with E-state index in [1.807, 2.05) is 0 Å². The van der Waals surface area contributed by atoms with Crippen LogP contribution in [0.4, 0.5) is 0 Å². The van der Waals surface area contributed by atoms with E-state index in [0.29, 0.717) is 19.6 Å². The van der Waals surface area contributed by atoms with Gasteiger partial charge in [-0.2, -0.15) is 0 Å². The molecule has 0 radical (unpaired) electrons. The van der Waals surface area contributed by atoms with Gasteiger partial charge in [0.2, 0.25) is 10.0 Å². The van der Waals surface area contributed by atoms with Crippen LogP contribution in [0.1, 0.15) is 30.6 Å². The Morgan fingerprint density at radius 1 is 1.45 bits per heavy atom. The molecule has 1 unspecified atom stereocenters. The van der Waals surface area contributed by atoms with Crippen LogP contribution in [-0.4, -0.2) is 44.9 Å². The van der Waals surface area contributed by atoms with Crippen LogP contribution in [0.5, 0.6) is 5.75 Å². The fraction of sp³-hybridized carbons (Fsp3) is 0.500. The number of carboxylic acids is 1. The second-order valence-electron chi connectivity index (χ2n) is 5.31. The van der Waals surface area contributed by atoms with Crippen LogP contribution < -0.4 is 9.46 Å². The lowest BCUT2D eigenvalue weighted by molar-refractivity contribution is 0.0690. The molecular formula is C14H19NO6S. The molecule has 122 valence electrons. The highest BCUT2D eigenvalue weighted by Gasteiger charge is 2.25. The SMILES string of the molecule is CC(C)Oc1ccc(S(=O)(=O)NC2CCOC2)cc1C(=O)O. The molecule has 1 fully saturated rings. The molecule has 0 amide bonds. The first-order valence-corrected chi connectivity index (χ1v) is 8.42. The molecule has 1 aliphatic heterocycles. The molecule has 2 N–H and O–H groups in total. The molecular weight excluding hydrogens is 310 g/mol. The first-order valence-electron chi connectivity index (χ1n) is 6.93. The van der Waals surface area contributed by atoms with E-state index in [4.69, 9.17) is 9.47 Å². The Bertz CT molecular complexity index is 649. The van der Waals surface area contributed by atoms with E-state index in [-0.39, 0.29) is 28.4 Å². The van der Waals surface area contributed by atoms with Gasteiger partial charge in [-0.1, -0.05) is 0 Å². The summed E-state index contributed by atoms with van der Waals surface area (Å²) >= 11 is 0. The van der Waals surface area contributed by atoms with Gasteiger partial charge in [0.25, 0.3) is 0 Å². The molecule has 1 aliphatic rings. The summed E-state index contributed by atoms with van der Waals surface area (Å²) in [5, 5.41) is 9.24. The average Bonchev–Trinajstić information content (AvgIpc) is 2.90. The molecule has 2 rings (SSSR count). The number of aromatic carboxylic acids is 1. The van der Waals surface area contributed by atoms with Gasteiger partial charge in [-0.05, 0) is 38.5 Å². The molecule has 1 atom stereocenters. The summed E-state index contributed by atoms with van der Waals surface area (Å²) in [4.78, 5) is 11.2. The van der Waals surface area contributed by atoms with Crippen molar-refractivity contribution in [1.29, 1.82) is 0 Å². The Labute approximate surface area is 129 Å².